The summed E-state index contributed by atoms with van der Waals surface area (Å²) in [5.41, 5.74) is 5.63. The molecule has 0 unspecified atom stereocenters. The van der Waals surface area contributed by atoms with E-state index < -0.39 is 11.6 Å². The Morgan fingerprint density at radius 2 is 2.03 bits per heavy atom. The Bertz CT molecular complexity index is 1070. The molecule has 0 bridgehead atoms. The average Bonchev–Trinajstić information content (AvgIpc) is 3.31. The molecule has 2 N–H and O–H groups in total. The number of carbonyl (C=O) groups is 1. The molecule has 7 nitrogen and oxygen atoms in total. The van der Waals surface area contributed by atoms with E-state index >= 15 is 0 Å². The first-order chi connectivity index (χ1) is 15.7. The monoisotopic (exact) mass is 449 g/mol. The van der Waals surface area contributed by atoms with E-state index in [1.807, 2.05) is 20.8 Å². The topological polar surface area (TPSA) is 81.6 Å². The molecule has 1 spiro atoms. The van der Waals surface area contributed by atoms with Gasteiger partial charge in [0, 0.05) is 41.0 Å². The van der Waals surface area contributed by atoms with Gasteiger partial charge in [0.25, 0.3) is 0 Å². The van der Waals surface area contributed by atoms with Crippen LogP contribution in [0.25, 0.3) is 0 Å². The van der Waals surface area contributed by atoms with Gasteiger partial charge in [-0.1, -0.05) is 19.1 Å². The van der Waals surface area contributed by atoms with Crippen molar-refractivity contribution in [3.05, 3.63) is 46.9 Å². The fraction of sp³-hybridized carbons (Fsp3) is 0.577. The zero-order valence-corrected chi connectivity index (χ0v) is 20.2. The van der Waals surface area contributed by atoms with Gasteiger partial charge in [-0.05, 0) is 82.7 Å². The highest BCUT2D eigenvalue weighted by molar-refractivity contribution is 5.75. The van der Waals surface area contributed by atoms with Crippen LogP contribution >= 0.6 is 0 Å². The third-order valence-electron chi connectivity index (χ3n) is 7.85. The summed E-state index contributed by atoms with van der Waals surface area (Å²) in [4.78, 5) is 25.5. The van der Waals surface area contributed by atoms with Gasteiger partial charge >= 0.3 is 6.09 Å². The number of benzene rings is 1. The van der Waals surface area contributed by atoms with E-state index in [1.54, 1.807) is 11.2 Å². The van der Waals surface area contributed by atoms with E-state index in [-0.39, 0.29) is 5.41 Å². The van der Waals surface area contributed by atoms with E-state index in [9.17, 15) is 9.90 Å². The summed E-state index contributed by atoms with van der Waals surface area (Å²) in [6.45, 7) is 11.4. The van der Waals surface area contributed by atoms with Gasteiger partial charge in [-0.25, -0.2) is 14.8 Å². The van der Waals surface area contributed by atoms with E-state index in [1.165, 1.54) is 22.5 Å². The highest BCUT2D eigenvalue weighted by Gasteiger charge is 2.47. The minimum Gasteiger partial charge on any atom is -0.465 e. The number of carboxylic acid groups (broad SMARTS) is 1. The Kier molecular flexibility index (Phi) is 5.35. The number of rotatable bonds is 3. The standard InChI is InChI=1S/C26H35N5O2/c1-17-8-9-19-21(17)23(29-16-28-19)30-15-26(10-12-27-13-11-26)22-18(6-5-7-20(22)30)14-31(24(32)33)25(2,3)4/h5-7,16-17,27H,8-15H2,1-4H3,(H,32,33)/t17-/m1/s1. The molecule has 33 heavy (non-hydrogen) atoms. The molecule has 1 aromatic heterocycles. The number of fused-ring (bicyclic) bond motifs is 3. The molecule has 2 aromatic rings. The number of anilines is 2. The predicted octanol–water partition coefficient (Wildman–Crippen LogP) is 4.58. The number of amides is 1. The molecule has 1 fully saturated rings. The lowest BCUT2D eigenvalue weighted by Gasteiger charge is -2.38. The molecule has 176 valence electrons. The molecule has 3 aliphatic rings. The second-order valence-corrected chi connectivity index (χ2v) is 11.0. The van der Waals surface area contributed by atoms with Gasteiger partial charge in [0.2, 0.25) is 0 Å². The van der Waals surface area contributed by atoms with Crippen LogP contribution < -0.4 is 10.2 Å². The second-order valence-electron chi connectivity index (χ2n) is 11.0. The third kappa shape index (κ3) is 3.66. The van der Waals surface area contributed by atoms with Crippen molar-refractivity contribution < 1.29 is 9.90 Å². The van der Waals surface area contributed by atoms with E-state index in [0.29, 0.717) is 12.5 Å². The first kappa shape index (κ1) is 22.1. The summed E-state index contributed by atoms with van der Waals surface area (Å²) in [5.74, 6) is 1.50. The molecule has 3 heterocycles. The third-order valence-corrected chi connectivity index (χ3v) is 7.85. The molecule has 1 aromatic carbocycles. The summed E-state index contributed by atoms with van der Waals surface area (Å²) < 4.78 is 0. The molecule has 1 saturated heterocycles. The van der Waals surface area contributed by atoms with Gasteiger partial charge in [-0.2, -0.15) is 0 Å². The first-order valence-corrected chi connectivity index (χ1v) is 12.2. The summed E-state index contributed by atoms with van der Waals surface area (Å²) in [6.07, 6.45) is 5.06. The van der Waals surface area contributed by atoms with Crippen molar-refractivity contribution >= 4 is 17.6 Å². The molecule has 1 amide bonds. The van der Waals surface area contributed by atoms with E-state index in [2.05, 4.69) is 40.3 Å². The van der Waals surface area contributed by atoms with Crippen LogP contribution in [0.3, 0.4) is 0 Å². The van der Waals surface area contributed by atoms with Crippen LogP contribution in [0.1, 0.15) is 75.3 Å². The molecule has 1 aliphatic carbocycles. The van der Waals surface area contributed by atoms with E-state index in [0.717, 1.165) is 56.7 Å². The van der Waals surface area contributed by atoms with Crippen LogP contribution in [0.5, 0.6) is 0 Å². The molecule has 1 atom stereocenters. The van der Waals surface area contributed by atoms with E-state index in [4.69, 9.17) is 4.98 Å². The minimum absolute atomic E-state index is 0.00108. The van der Waals surface area contributed by atoms with Crippen LogP contribution in [0.15, 0.2) is 24.5 Å². The predicted molar refractivity (Wildman–Crippen MR) is 129 cm³/mol. The Balaban J connectivity index is 1.65. The highest BCUT2D eigenvalue weighted by Crippen LogP contribution is 2.52. The molecule has 7 heteroatoms. The Hall–Kier alpha value is -2.67. The number of aryl methyl sites for hydroxylation is 1. The maximum Gasteiger partial charge on any atom is 0.408 e. The molecular weight excluding hydrogens is 414 g/mol. The average molecular weight is 450 g/mol. The fourth-order valence-electron chi connectivity index (χ4n) is 6.13. The second kappa shape index (κ2) is 7.97. The van der Waals surface area contributed by atoms with Crippen LogP contribution in [0.4, 0.5) is 16.3 Å². The van der Waals surface area contributed by atoms with Crippen LogP contribution in [0, 0.1) is 0 Å². The lowest BCUT2D eigenvalue weighted by atomic mass is 9.73. The van der Waals surface area contributed by atoms with Crippen molar-refractivity contribution in [1.82, 2.24) is 20.2 Å². The molecule has 5 rings (SSSR count). The van der Waals surface area contributed by atoms with Crippen molar-refractivity contribution in [2.24, 2.45) is 0 Å². The first-order valence-electron chi connectivity index (χ1n) is 12.2. The van der Waals surface area contributed by atoms with Gasteiger partial charge in [0.15, 0.2) is 0 Å². The number of aromatic nitrogens is 2. The maximum atomic E-state index is 12.2. The zero-order chi connectivity index (χ0) is 23.4. The smallest absolute Gasteiger partial charge is 0.408 e. The molecule has 0 saturated carbocycles. The Morgan fingerprint density at radius 1 is 1.27 bits per heavy atom. The largest absolute Gasteiger partial charge is 0.465 e. The normalized spacial score (nSPS) is 21.2. The van der Waals surface area contributed by atoms with Gasteiger partial charge in [0.1, 0.15) is 12.1 Å². The van der Waals surface area contributed by atoms with Gasteiger partial charge < -0.3 is 15.3 Å². The van der Waals surface area contributed by atoms with Crippen LogP contribution in [-0.2, 0) is 18.4 Å². The highest BCUT2D eigenvalue weighted by atomic mass is 16.4. The fourth-order valence-corrected chi connectivity index (χ4v) is 6.13. The summed E-state index contributed by atoms with van der Waals surface area (Å²) in [6, 6.07) is 6.40. The summed E-state index contributed by atoms with van der Waals surface area (Å²) in [7, 11) is 0. The number of piperidine rings is 1. The number of nitrogens with one attached hydrogen (secondary N) is 1. The number of hydrogen-bond donors (Lipinski definition) is 2. The molecule has 2 aliphatic heterocycles. The van der Waals surface area contributed by atoms with Crippen molar-refractivity contribution in [1.29, 1.82) is 0 Å². The summed E-state index contributed by atoms with van der Waals surface area (Å²) in [5, 5.41) is 13.5. The van der Waals surface area contributed by atoms with Crippen LogP contribution in [-0.4, -0.2) is 51.2 Å². The number of nitrogens with zero attached hydrogens (tertiary/aromatic N) is 4. The molecular formula is C26H35N5O2. The maximum absolute atomic E-state index is 12.2. The Labute approximate surface area is 196 Å². The SMILES string of the molecule is C[C@@H]1CCc2ncnc(N3CC4(CCNCC4)c4c(CN(C(=O)O)C(C)(C)C)cccc43)c21. The Morgan fingerprint density at radius 3 is 2.73 bits per heavy atom. The van der Waals surface area contributed by atoms with Crippen molar-refractivity contribution in [3.8, 4) is 0 Å². The quantitative estimate of drug-likeness (QED) is 0.714. The van der Waals surface area contributed by atoms with Crippen molar-refractivity contribution in [2.75, 3.05) is 24.5 Å². The van der Waals surface area contributed by atoms with Gasteiger partial charge in [0.05, 0.1) is 0 Å². The lowest BCUT2D eigenvalue weighted by Crippen LogP contribution is -2.46. The van der Waals surface area contributed by atoms with Gasteiger partial charge in [-0.15, -0.1) is 0 Å². The zero-order valence-electron chi connectivity index (χ0n) is 20.2. The summed E-state index contributed by atoms with van der Waals surface area (Å²) >= 11 is 0. The molecule has 0 radical (unpaired) electrons. The van der Waals surface area contributed by atoms with Crippen molar-refractivity contribution in [3.63, 3.8) is 0 Å². The van der Waals surface area contributed by atoms with Gasteiger partial charge in [-0.3, -0.25) is 4.90 Å². The van der Waals surface area contributed by atoms with Crippen molar-refractivity contribution in [2.45, 2.75) is 76.8 Å². The minimum atomic E-state index is -0.878. The number of hydrogen-bond acceptors (Lipinski definition) is 5. The lowest BCUT2D eigenvalue weighted by molar-refractivity contribution is 0.0950. The van der Waals surface area contributed by atoms with Crippen LogP contribution in [0.2, 0.25) is 0 Å².